The molecule has 4 heteroatoms. The Labute approximate surface area is 107 Å². The highest BCUT2D eigenvalue weighted by molar-refractivity contribution is 5.88. The fourth-order valence-electron chi connectivity index (χ4n) is 1.93. The molecule has 0 saturated carbocycles. The highest BCUT2D eigenvalue weighted by Gasteiger charge is 2.18. The van der Waals surface area contributed by atoms with Crippen LogP contribution in [-0.2, 0) is 9.53 Å². The molecule has 1 aliphatic heterocycles. The summed E-state index contributed by atoms with van der Waals surface area (Å²) >= 11 is 0. The lowest BCUT2D eigenvalue weighted by molar-refractivity contribution is -0.127. The number of methoxy groups -OCH3 is 1. The number of benzene rings is 1. The first-order chi connectivity index (χ1) is 8.72. The van der Waals surface area contributed by atoms with E-state index < -0.39 is 0 Å². The first-order valence-corrected chi connectivity index (χ1v) is 5.91. The van der Waals surface area contributed by atoms with Gasteiger partial charge < -0.3 is 14.4 Å². The Morgan fingerprint density at radius 1 is 1.28 bits per heavy atom. The van der Waals surface area contributed by atoms with Gasteiger partial charge in [0, 0.05) is 26.3 Å². The van der Waals surface area contributed by atoms with Crippen LogP contribution in [0.2, 0.25) is 0 Å². The predicted molar refractivity (Wildman–Crippen MR) is 68.9 cm³/mol. The lowest BCUT2D eigenvalue weighted by Crippen LogP contribution is -2.27. The highest BCUT2D eigenvalue weighted by Crippen LogP contribution is 2.25. The molecule has 0 spiro atoms. The van der Waals surface area contributed by atoms with Crippen molar-refractivity contribution >= 4 is 11.6 Å². The van der Waals surface area contributed by atoms with Crippen LogP contribution in [0.1, 0.15) is 18.4 Å². The van der Waals surface area contributed by atoms with E-state index in [0.717, 1.165) is 23.4 Å². The highest BCUT2D eigenvalue weighted by atomic mass is 16.7. The first-order valence-electron chi connectivity index (χ1n) is 5.91. The number of amides is 1. The number of hydrogen-bond donors (Lipinski definition) is 0. The van der Waals surface area contributed by atoms with Crippen molar-refractivity contribution in [1.82, 2.24) is 4.90 Å². The predicted octanol–water partition coefficient (Wildman–Crippen LogP) is 2.26. The maximum absolute atomic E-state index is 11.6. The molecule has 0 aromatic heterocycles. The maximum atomic E-state index is 11.6. The van der Waals surface area contributed by atoms with Crippen molar-refractivity contribution in [1.29, 1.82) is 0 Å². The van der Waals surface area contributed by atoms with Gasteiger partial charge in [-0.1, -0.05) is 6.08 Å². The van der Waals surface area contributed by atoms with E-state index in [-0.39, 0.29) is 12.7 Å². The summed E-state index contributed by atoms with van der Waals surface area (Å²) in [6.07, 6.45) is 3.49. The number of allylic oxidation sites excluding steroid dienone is 1. The number of hydrogen-bond acceptors (Lipinski definition) is 3. The molecule has 1 aromatic carbocycles. The molecule has 2 rings (SSSR count). The van der Waals surface area contributed by atoms with E-state index in [0.29, 0.717) is 6.42 Å². The van der Waals surface area contributed by atoms with Crippen LogP contribution in [0.3, 0.4) is 0 Å². The van der Waals surface area contributed by atoms with Gasteiger partial charge in [0.2, 0.25) is 5.91 Å². The number of carbonyl (C=O) groups excluding carboxylic acids is 1. The smallest absolute Gasteiger partial charge is 0.227 e. The molecule has 0 fully saturated rings. The fraction of sp³-hybridized carbons (Fsp3) is 0.357. The summed E-state index contributed by atoms with van der Waals surface area (Å²) in [5.41, 5.74) is 1.99. The van der Waals surface area contributed by atoms with Crippen LogP contribution in [0.4, 0.5) is 0 Å². The van der Waals surface area contributed by atoms with E-state index >= 15 is 0 Å². The fourth-order valence-corrected chi connectivity index (χ4v) is 1.93. The molecule has 0 N–H and O–H groups in total. The van der Waals surface area contributed by atoms with E-state index in [4.69, 9.17) is 9.47 Å². The van der Waals surface area contributed by atoms with Crippen LogP contribution in [0, 0.1) is 0 Å². The minimum Gasteiger partial charge on any atom is -0.468 e. The van der Waals surface area contributed by atoms with Crippen LogP contribution < -0.4 is 4.74 Å². The molecule has 0 atom stereocenters. The van der Waals surface area contributed by atoms with Gasteiger partial charge in [-0.2, -0.15) is 0 Å². The number of carbonyl (C=O) groups is 1. The molecular formula is C14H17NO3. The van der Waals surface area contributed by atoms with Crippen LogP contribution in [0.25, 0.3) is 5.70 Å². The Kier molecular flexibility index (Phi) is 3.99. The van der Waals surface area contributed by atoms with Crippen molar-refractivity contribution in [2.45, 2.75) is 12.8 Å². The number of ether oxygens (including phenoxy) is 2. The van der Waals surface area contributed by atoms with Crippen molar-refractivity contribution in [2.24, 2.45) is 0 Å². The topological polar surface area (TPSA) is 38.8 Å². The molecule has 4 nitrogen and oxygen atoms in total. The van der Waals surface area contributed by atoms with E-state index in [1.807, 2.05) is 31.3 Å². The molecule has 0 aliphatic carbocycles. The molecule has 0 radical (unpaired) electrons. The summed E-state index contributed by atoms with van der Waals surface area (Å²) in [4.78, 5) is 13.3. The van der Waals surface area contributed by atoms with Crippen LogP contribution >= 0.6 is 0 Å². The summed E-state index contributed by atoms with van der Waals surface area (Å²) in [7, 11) is 3.39. The number of rotatable bonds is 4. The van der Waals surface area contributed by atoms with E-state index in [9.17, 15) is 4.79 Å². The van der Waals surface area contributed by atoms with Gasteiger partial charge in [0.25, 0.3) is 0 Å². The average molecular weight is 247 g/mol. The van der Waals surface area contributed by atoms with Crippen LogP contribution in [-0.4, -0.2) is 31.8 Å². The molecule has 96 valence electrons. The Morgan fingerprint density at radius 3 is 2.67 bits per heavy atom. The molecule has 0 bridgehead atoms. The number of nitrogens with zero attached hydrogens (tertiary/aromatic N) is 1. The van der Waals surface area contributed by atoms with Crippen molar-refractivity contribution in [3.63, 3.8) is 0 Å². The first kappa shape index (κ1) is 12.6. The summed E-state index contributed by atoms with van der Waals surface area (Å²) < 4.78 is 10.2. The second-order valence-electron chi connectivity index (χ2n) is 4.16. The van der Waals surface area contributed by atoms with Crippen molar-refractivity contribution in [2.75, 3.05) is 21.0 Å². The molecule has 0 saturated heterocycles. The van der Waals surface area contributed by atoms with Gasteiger partial charge in [-0.3, -0.25) is 4.79 Å². The normalized spacial score (nSPS) is 15.6. The van der Waals surface area contributed by atoms with Gasteiger partial charge in [-0.25, -0.2) is 0 Å². The average Bonchev–Trinajstić information content (AvgIpc) is 2.40. The third-order valence-electron chi connectivity index (χ3n) is 2.92. The van der Waals surface area contributed by atoms with Gasteiger partial charge in [0.1, 0.15) is 5.75 Å². The lowest BCUT2D eigenvalue weighted by atomic mass is 10.1. The zero-order valence-corrected chi connectivity index (χ0v) is 10.7. The van der Waals surface area contributed by atoms with E-state index in [1.165, 1.54) is 0 Å². The van der Waals surface area contributed by atoms with Crippen LogP contribution in [0.5, 0.6) is 5.75 Å². The third-order valence-corrected chi connectivity index (χ3v) is 2.92. The molecule has 1 aliphatic rings. The SMILES string of the molecule is COCOc1ccc(C2=CCCC(=O)N2C)cc1. The van der Waals surface area contributed by atoms with Crippen molar-refractivity contribution < 1.29 is 14.3 Å². The zero-order chi connectivity index (χ0) is 13.0. The van der Waals surface area contributed by atoms with Crippen molar-refractivity contribution in [3.8, 4) is 5.75 Å². The summed E-state index contributed by atoms with van der Waals surface area (Å²) in [6.45, 7) is 0.237. The summed E-state index contributed by atoms with van der Waals surface area (Å²) in [6, 6.07) is 7.65. The second-order valence-corrected chi connectivity index (χ2v) is 4.16. The Morgan fingerprint density at radius 2 is 2.00 bits per heavy atom. The summed E-state index contributed by atoms with van der Waals surface area (Å²) in [5.74, 6) is 0.915. The second kappa shape index (κ2) is 5.69. The van der Waals surface area contributed by atoms with Gasteiger partial charge in [-0.15, -0.1) is 0 Å². The maximum Gasteiger partial charge on any atom is 0.227 e. The molecule has 1 heterocycles. The van der Waals surface area contributed by atoms with E-state index in [2.05, 4.69) is 6.08 Å². The molecule has 1 aromatic rings. The van der Waals surface area contributed by atoms with Crippen LogP contribution in [0.15, 0.2) is 30.3 Å². The van der Waals surface area contributed by atoms with Gasteiger partial charge in [0.15, 0.2) is 6.79 Å². The Balaban J connectivity index is 2.14. The molecular weight excluding hydrogens is 230 g/mol. The quantitative estimate of drug-likeness (QED) is 0.766. The Hall–Kier alpha value is -1.81. The minimum atomic E-state index is 0.159. The third kappa shape index (κ3) is 2.71. The van der Waals surface area contributed by atoms with Gasteiger partial charge in [-0.05, 0) is 36.2 Å². The zero-order valence-electron chi connectivity index (χ0n) is 10.7. The largest absolute Gasteiger partial charge is 0.468 e. The lowest BCUT2D eigenvalue weighted by Gasteiger charge is -2.24. The standard InChI is InChI=1S/C14H17NO3/c1-15-13(4-3-5-14(15)16)11-6-8-12(9-7-11)18-10-17-2/h4,6-9H,3,5,10H2,1-2H3. The summed E-state index contributed by atoms with van der Waals surface area (Å²) in [5, 5.41) is 0. The Bertz CT molecular complexity index is 451. The van der Waals surface area contributed by atoms with Gasteiger partial charge in [0.05, 0.1) is 0 Å². The molecule has 0 unspecified atom stereocenters. The minimum absolute atomic E-state index is 0.159. The van der Waals surface area contributed by atoms with E-state index in [1.54, 1.807) is 12.0 Å². The monoisotopic (exact) mass is 247 g/mol. The molecule has 18 heavy (non-hydrogen) atoms. The van der Waals surface area contributed by atoms with Gasteiger partial charge >= 0.3 is 0 Å². The molecule has 1 amide bonds. The van der Waals surface area contributed by atoms with Crippen molar-refractivity contribution in [3.05, 3.63) is 35.9 Å².